The van der Waals surface area contributed by atoms with Gasteiger partial charge in [-0.2, -0.15) is 0 Å². The molecule has 6 nitrogen and oxygen atoms in total. The zero-order valence-corrected chi connectivity index (χ0v) is 14.5. The number of aliphatic carboxylic acids is 1. The number of hydroxylamine groups is 1. The number of hydrogen-bond donors (Lipinski definition) is 0. The van der Waals surface area contributed by atoms with Crippen LogP contribution in [0.25, 0.3) is 0 Å². The summed E-state index contributed by atoms with van der Waals surface area (Å²) in [5.41, 5.74) is -1.85. The molecular weight excluding hydrogens is 230 g/mol. The van der Waals surface area contributed by atoms with Crippen molar-refractivity contribution in [2.24, 2.45) is 5.28 Å². The third-order valence-electron chi connectivity index (χ3n) is 1.62. The zero-order chi connectivity index (χ0) is 9.07. The Morgan fingerprint density at radius 1 is 1.54 bits per heavy atom. The van der Waals surface area contributed by atoms with Crippen LogP contribution in [0.15, 0.2) is 5.28 Å². The molecule has 64 valence electrons. The first kappa shape index (κ1) is 20.4. The van der Waals surface area contributed by atoms with Crippen molar-refractivity contribution in [2.45, 2.75) is 25.8 Å². The summed E-state index contributed by atoms with van der Waals surface area (Å²) in [6, 6.07) is 0. The number of carboxylic acid groups (broad SMARTS) is 1. The average molecular weight is 238 g/mol. The van der Waals surface area contributed by atoms with Gasteiger partial charge in [-0.1, -0.05) is 11.8 Å². The van der Waals surface area contributed by atoms with E-state index in [1.54, 1.807) is 0 Å². The van der Waals surface area contributed by atoms with Gasteiger partial charge >= 0.3 is 103 Å². The fourth-order valence-electron chi connectivity index (χ4n) is 0.448. The van der Waals surface area contributed by atoms with Gasteiger partial charge < -0.3 is 20.3 Å². The number of nitrogens with zero attached hydrogens (tertiary/aromatic N) is 2. The van der Waals surface area contributed by atoms with Gasteiger partial charge in [0.15, 0.2) is 0 Å². The van der Waals surface area contributed by atoms with Gasteiger partial charge in [-0.25, -0.2) is 0 Å². The molecule has 0 N–H and O–H groups in total. The fraction of sp³-hybridized carbons (Fsp3) is 0.800. The molecule has 0 heterocycles. The van der Waals surface area contributed by atoms with Crippen LogP contribution < -0.4 is 108 Å². The van der Waals surface area contributed by atoms with Gasteiger partial charge in [0, 0.05) is 13.3 Å². The third-order valence-corrected chi connectivity index (χ3v) is 1.62. The Labute approximate surface area is 161 Å². The largest absolute Gasteiger partial charge is 1.00 e. The molecule has 1 unspecified atom stereocenters. The summed E-state index contributed by atoms with van der Waals surface area (Å²) in [6.07, 6.45) is -0.0371. The Hall–Kier alpha value is 1.94. The van der Waals surface area contributed by atoms with Crippen LogP contribution in [-0.2, 0) is 4.79 Å². The molecular formula is C5H8K2N2O4. The topological polar surface area (TPSA) is 102 Å². The summed E-state index contributed by atoms with van der Waals surface area (Å²) < 4.78 is 0. The first-order valence-corrected chi connectivity index (χ1v) is 3.01. The van der Waals surface area contributed by atoms with E-state index in [0.717, 1.165) is 6.92 Å². The maximum Gasteiger partial charge on any atom is 1.00 e. The van der Waals surface area contributed by atoms with E-state index in [-0.39, 0.29) is 109 Å². The minimum atomic E-state index is -1.85. The van der Waals surface area contributed by atoms with E-state index in [4.69, 9.17) is 0 Å². The molecule has 0 spiro atoms. The SMILES string of the molecule is CCC(C)(C(=O)[O-])/[N+]([O-])=N/[O-].[K+].[K+]. The number of carboxylic acids is 1. The van der Waals surface area contributed by atoms with Gasteiger partial charge in [0.05, 0.1) is 0 Å². The number of hydrogen-bond acceptors (Lipinski definition) is 5. The molecule has 8 heteroatoms. The molecule has 0 aliphatic carbocycles. The number of carbonyl (C=O) groups is 1. The molecule has 0 saturated heterocycles. The second-order valence-electron chi connectivity index (χ2n) is 2.27. The van der Waals surface area contributed by atoms with Crippen molar-refractivity contribution >= 4 is 5.97 Å². The molecule has 0 bridgehead atoms. The Kier molecular flexibility index (Phi) is 14.4. The summed E-state index contributed by atoms with van der Waals surface area (Å²) >= 11 is 0. The Bertz CT molecular complexity index is 199. The van der Waals surface area contributed by atoms with E-state index in [0.29, 0.717) is 0 Å². The van der Waals surface area contributed by atoms with Crippen LogP contribution in [0.5, 0.6) is 0 Å². The molecule has 0 amide bonds. The maximum absolute atomic E-state index is 10.5. The third kappa shape index (κ3) is 5.54. The minimum absolute atomic E-state index is 0. The second kappa shape index (κ2) is 9.19. The molecule has 13 heavy (non-hydrogen) atoms. The van der Waals surface area contributed by atoms with Crippen LogP contribution in [0.2, 0.25) is 0 Å². The number of carbonyl (C=O) groups excluding carboxylic acids is 1. The first-order chi connectivity index (χ1) is 4.99. The van der Waals surface area contributed by atoms with Crippen molar-refractivity contribution < 1.29 is 118 Å². The average Bonchev–Trinajstić information content (AvgIpc) is 2.01. The van der Waals surface area contributed by atoms with Crippen LogP contribution in [-0.4, -0.2) is 16.4 Å². The second-order valence-corrected chi connectivity index (χ2v) is 2.27. The molecule has 0 radical (unpaired) electrons. The van der Waals surface area contributed by atoms with Crippen LogP contribution in [0, 0.1) is 10.4 Å². The van der Waals surface area contributed by atoms with Gasteiger partial charge in [0.1, 0.15) is 5.97 Å². The molecule has 0 rings (SSSR count). The van der Waals surface area contributed by atoms with Crippen LogP contribution >= 0.6 is 0 Å². The minimum Gasteiger partial charge on any atom is -0.739 e. The molecule has 0 aromatic heterocycles. The van der Waals surface area contributed by atoms with Crippen molar-refractivity contribution in [2.75, 3.05) is 0 Å². The van der Waals surface area contributed by atoms with Crippen molar-refractivity contribution in [1.82, 2.24) is 0 Å². The van der Waals surface area contributed by atoms with Gasteiger partial charge in [-0.15, -0.1) is 0 Å². The Morgan fingerprint density at radius 2 is 1.92 bits per heavy atom. The van der Waals surface area contributed by atoms with Gasteiger partial charge in [0.2, 0.25) is 5.54 Å². The molecule has 0 aliphatic heterocycles. The molecule has 0 aromatic carbocycles. The van der Waals surface area contributed by atoms with E-state index in [2.05, 4.69) is 0 Å². The van der Waals surface area contributed by atoms with Crippen molar-refractivity contribution in [3.8, 4) is 0 Å². The predicted molar refractivity (Wildman–Crippen MR) is 33.1 cm³/mol. The number of rotatable bonds is 3. The van der Waals surface area contributed by atoms with Crippen LogP contribution in [0.1, 0.15) is 20.3 Å². The molecule has 0 aliphatic rings. The van der Waals surface area contributed by atoms with Gasteiger partial charge in [0.25, 0.3) is 0 Å². The standard InChI is InChI=1S/C5H10N2O4.2K/c1-3-5(2,4(8)9)7(11)6-10;;/h10H,3H2,1-2H3,(H,8,9);;/q;2*+1/p-2/b7-6-;;. The zero-order valence-electron chi connectivity index (χ0n) is 8.23. The predicted octanol–water partition coefficient (Wildman–Crippen LogP) is -6.63. The summed E-state index contributed by atoms with van der Waals surface area (Å²) in [6.45, 7) is 2.53. The van der Waals surface area contributed by atoms with E-state index < -0.39 is 16.4 Å². The van der Waals surface area contributed by atoms with Crippen LogP contribution in [0.4, 0.5) is 0 Å². The van der Waals surface area contributed by atoms with Gasteiger partial charge in [-0.3, -0.25) is 0 Å². The molecule has 1 atom stereocenters. The fourth-order valence-corrected chi connectivity index (χ4v) is 0.448. The Balaban J connectivity index is -0.000000500. The maximum atomic E-state index is 10.5. The van der Waals surface area contributed by atoms with Crippen molar-refractivity contribution in [1.29, 1.82) is 0 Å². The smallest absolute Gasteiger partial charge is 0.739 e. The monoisotopic (exact) mass is 238 g/mol. The first-order valence-electron chi connectivity index (χ1n) is 3.01. The molecule has 0 fully saturated rings. The van der Waals surface area contributed by atoms with E-state index in [1.165, 1.54) is 6.92 Å². The summed E-state index contributed by atoms with van der Waals surface area (Å²) in [4.78, 5) is 9.90. The molecule has 0 saturated carbocycles. The Morgan fingerprint density at radius 3 is 2.00 bits per heavy atom. The summed E-state index contributed by atoms with van der Waals surface area (Å²) in [5, 5.41) is 32.5. The van der Waals surface area contributed by atoms with Crippen LogP contribution in [0.3, 0.4) is 0 Å². The van der Waals surface area contributed by atoms with E-state index in [1.807, 2.05) is 5.28 Å². The van der Waals surface area contributed by atoms with Crippen molar-refractivity contribution in [3.05, 3.63) is 10.4 Å². The van der Waals surface area contributed by atoms with Gasteiger partial charge in [-0.05, 0) is 5.28 Å². The van der Waals surface area contributed by atoms with E-state index in [9.17, 15) is 20.3 Å². The quantitative estimate of drug-likeness (QED) is 0.211. The molecule has 0 aromatic rings. The summed E-state index contributed by atoms with van der Waals surface area (Å²) in [5.74, 6) is -1.60. The normalized spacial score (nSPS) is 14.8. The summed E-state index contributed by atoms with van der Waals surface area (Å²) in [7, 11) is 0. The van der Waals surface area contributed by atoms with Crippen molar-refractivity contribution in [3.63, 3.8) is 0 Å². The van der Waals surface area contributed by atoms with E-state index >= 15 is 0 Å².